The van der Waals surface area contributed by atoms with Crippen molar-refractivity contribution in [3.05, 3.63) is 17.7 Å². The maximum Gasteiger partial charge on any atom is 0.407 e. The molecule has 6 heteroatoms. The van der Waals surface area contributed by atoms with Gasteiger partial charge in [-0.25, -0.2) is 9.78 Å². The Labute approximate surface area is 124 Å². The van der Waals surface area contributed by atoms with Crippen LogP contribution >= 0.6 is 0 Å². The third-order valence-corrected chi connectivity index (χ3v) is 4.49. The van der Waals surface area contributed by atoms with Crippen LogP contribution in [-0.2, 0) is 17.7 Å². The summed E-state index contributed by atoms with van der Waals surface area (Å²) in [6, 6.07) is -0.142. The highest BCUT2D eigenvalue weighted by molar-refractivity contribution is 5.66. The van der Waals surface area contributed by atoms with Gasteiger partial charge in [-0.15, -0.1) is 0 Å². The van der Waals surface area contributed by atoms with Crippen LogP contribution in [0.15, 0.2) is 6.33 Å². The summed E-state index contributed by atoms with van der Waals surface area (Å²) in [6.07, 6.45) is 4.24. The summed E-state index contributed by atoms with van der Waals surface area (Å²) in [4.78, 5) is 17.5. The van der Waals surface area contributed by atoms with E-state index in [2.05, 4.69) is 23.4 Å². The van der Waals surface area contributed by atoms with E-state index in [-0.39, 0.29) is 18.1 Å². The number of ether oxygens (including phenoxy) is 1. The molecular formula is C15H23N3O3. The Bertz CT molecular complexity index is 520. The van der Waals surface area contributed by atoms with Gasteiger partial charge in [-0.1, -0.05) is 13.8 Å². The number of imidazole rings is 1. The molecule has 1 aromatic heterocycles. The van der Waals surface area contributed by atoms with Crippen LogP contribution in [0.3, 0.4) is 0 Å². The van der Waals surface area contributed by atoms with E-state index in [0.717, 1.165) is 38.1 Å². The second-order valence-corrected chi connectivity index (χ2v) is 6.28. The van der Waals surface area contributed by atoms with Crippen molar-refractivity contribution in [2.45, 2.75) is 51.8 Å². The molecule has 3 heterocycles. The van der Waals surface area contributed by atoms with Crippen molar-refractivity contribution in [1.29, 1.82) is 0 Å². The molecule has 0 aromatic carbocycles. The maximum absolute atomic E-state index is 11.4. The zero-order valence-electron chi connectivity index (χ0n) is 12.7. The van der Waals surface area contributed by atoms with Gasteiger partial charge in [0.1, 0.15) is 0 Å². The smallest absolute Gasteiger partial charge is 0.407 e. The molecule has 2 aliphatic rings. The van der Waals surface area contributed by atoms with Crippen molar-refractivity contribution in [3.63, 3.8) is 0 Å². The molecular weight excluding hydrogens is 270 g/mol. The first kappa shape index (κ1) is 14.4. The van der Waals surface area contributed by atoms with Gasteiger partial charge < -0.3 is 14.4 Å². The molecule has 6 nitrogen and oxygen atoms in total. The molecule has 2 aliphatic heterocycles. The number of carboxylic acid groups (broad SMARTS) is 1. The first-order valence-electron chi connectivity index (χ1n) is 7.73. The van der Waals surface area contributed by atoms with Gasteiger partial charge in [-0.05, 0) is 18.8 Å². The molecule has 0 saturated carbocycles. The molecule has 1 saturated heterocycles. The van der Waals surface area contributed by atoms with Crippen LogP contribution in [-0.4, -0.2) is 44.9 Å². The number of carbonyl (C=O) groups is 1. The van der Waals surface area contributed by atoms with Gasteiger partial charge in [-0.2, -0.15) is 0 Å². The molecule has 1 unspecified atom stereocenters. The number of nitrogens with zero attached hydrogens (tertiary/aromatic N) is 3. The summed E-state index contributed by atoms with van der Waals surface area (Å²) in [5, 5.41) is 9.39. The summed E-state index contributed by atoms with van der Waals surface area (Å²) >= 11 is 0. The lowest BCUT2D eigenvalue weighted by Gasteiger charge is -2.35. The quantitative estimate of drug-likeness (QED) is 0.928. The summed E-state index contributed by atoms with van der Waals surface area (Å²) in [5.41, 5.74) is 2.11. The zero-order chi connectivity index (χ0) is 15.0. The SMILES string of the molecule is CC(C)C1c2ncn(C[C@H]3CCCO3)c2CCN1C(=O)O. The fourth-order valence-corrected chi connectivity index (χ4v) is 3.51. The summed E-state index contributed by atoms with van der Waals surface area (Å²) in [5.74, 6) is 0.214. The number of hydrogen-bond acceptors (Lipinski definition) is 3. The maximum atomic E-state index is 11.4. The third-order valence-electron chi connectivity index (χ3n) is 4.49. The summed E-state index contributed by atoms with van der Waals surface area (Å²) in [7, 11) is 0. The van der Waals surface area contributed by atoms with E-state index >= 15 is 0 Å². The van der Waals surface area contributed by atoms with Crippen LogP contribution in [0.5, 0.6) is 0 Å². The second-order valence-electron chi connectivity index (χ2n) is 6.28. The van der Waals surface area contributed by atoms with E-state index in [4.69, 9.17) is 4.74 Å². The minimum atomic E-state index is -0.854. The normalized spacial score (nSPS) is 25.4. The van der Waals surface area contributed by atoms with Gasteiger partial charge in [0.15, 0.2) is 0 Å². The molecule has 0 aliphatic carbocycles. The Morgan fingerprint density at radius 3 is 3.00 bits per heavy atom. The van der Waals surface area contributed by atoms with Crippen molar-refractivity contribution in [3.8, 4) is 0 Å². The van der Waals surface area contributed by atoms with Crippen molar-refractivity contribution in [1.82, 2.24) is 14.5 Å². The molecule has 0 radical (unpaired) electrons. The third kappa shape index (κ3) is 2.64. The van der Waals surface area contributed by atoms with E-state index in [1.807, 2.05) is 6.33 Å². The lowest BCUT2D eigenvalue weighted by molar-refractivity contribution is 0.0923. The highest BCUT2D eigenvalue weighted by Crippen LogP contribution is 2.34. The minimum absolute atomic E-state index is 0.142. The van der Waals surface area contributed by atoms with Crippen molar-refractivity contribution < 1.29 is 14.6 Å². The fraction of sp³-hybridized carbons (Fsp3) is 0.733. The molecule has 0 bridgehead atoms. The zero-order valence-corrected chi connectivity index (χ0v) is 12.7. The standard InChI is InChI=1S/C15H23N3O3/c1-10(2)14-13-12(5-6-18(14)15(19)20)17(9-16-13)8-11-4-3-7-21-11/h9-11,14H,3-8H2,1-2H3,(H,19,20)/t11-,14?/m1/s1. The lowest BCUT2D eigenvalue weighted by Crippen LogP contribution is -2.42. The Balaban J connectivity index is 1.86. The first-order chi connectivity index (χ1) is 10.1. The highest BCUT2D eigenvalue weighted by atomic mass is 16.5. The van der Waals surface area contributed by atoms with E-state index in [1.54, 1.807) is 0 Å². The van der Waals surface area contributed by atoms with Crippen LogP contribution in [0.4, 0.5) is 4.79 Å². The van der Waals surface area contributed by atoms with Crippen molar-refractivity contribution in [2.75, 3.05) is 13.2 Å². The number of amides is 1. The average molecular weight is 293 g/mol. The lowest BCUT2D eigenvalue weighted by atomic mass is 9.93. The molecule has 1 aromatic rings. The first-order valence-corrected chi connectivity index (χ1v) is 7.73. The molecule has 0 spiro atoms. The highest BCUT2D eigenvalue weighted by Gasteiger charge is 2.36. The molecule has 21 heavy (non-hydrogen) atoms. The van der Waals surface area contributed by atoms with E-state index in [1.165, 1.54) is 10.6 Å². The van der Waals surface area contributed by atoms with Gasteiger partial charge in [0.2, 0.25) is 0 Å². The van der Waals surface area contributed by atoms with Gasteiger partial charge in [0.05, 0.1) is 30.7 Å². The van der Waals surface area contributed by atoms with Crippen LogP contribution in [0.2, 0.25) is 0 Å². The second kappa shape index (κ2) is 5.67. The summed E-state index contributed by atoms with van der Waals surface area (Å²) in [6.45, 7) is 6.33. The van der Waals surface area contributed by atoms with E-state index < -0.39 is 6.09 Å². The average Bonchev–Trinajstić information content (AvgIpc) is 3.08. The minimum Gasteiger partial charge on any atom is -0.465 e. The number of rotatable bonds is 3. The van der Waals surface area contributed by atoms with Crippen LogP contribution in [0.25, 0.3) is 0 Å². The Kier molecular flexibility index (Phi) is 3.89. The largest absolute Gasteiger partial charge is 0.465 e. The molecule has 3 rings (SSSR count). The number of fused-ring (bicyclic) bond motifs is 1. The van der Waals surface area contributed by atoms with Crippen LogP contribution < -0.4 is 0 Å². The van der Waals surface area contributed by atoms with Crippen LogP contribution in [0.1, 0.15) is 44.1 Å². The van der Waals surface area contributed by atoms with Gasteiger partial charge in [0, 0.05) is 25.3 Å². The van der Waals surface area contributed by atoms with Crippen molar-refractivity contribution in [2.24, 2.45) is 5.92 Å². The Hall–Kier alpha value is -1.56. The predicted octanol–water partition coefficient (Wildman–Crippen LogP) is 2.30. The molecule has 1 amide bonds. The number of aromatic nitrogens is 2. The molecule has 2 atom stereocenters. The fourth-order valence-electron chi connectivity index (χ4n) is 3.51. The number of hydrogen-bond donors (Lipinski definition) is 1. The monoisotopic (exact) mass is 293 g/mol. The predicted molar refractivity (Wildman–Crippen MR) is 77.2 cm³/mol. The van der Waals surface area contributed by atoms with Crippen LogP contribution in [0, 0.1) is 5.92 Å². The Morgan fingerprint density at radius 1 is 1.57 bits per heavy atom. The molecule has 1 fully saturated rings. The summed E-state index contributed by atoms with van der Waals surface area (Å²) < 4.78 is 7.86. The van der Waals surface area contributed by atoms with E-state index in [9.17, 15) is 9.90 Å². The topological polar surface area (TPSA) is 67.6 Å². The Morgan fingerprint density at radius 2 is 2.38 bits per heavy atom. The van der Waals surface area contributed by atoms with Gasteiger partial charge >= 0.3 is 6.09 Å². The van der Waals surface area contributed by atoms with Gasteiger partial charge in [0.25, 0.3) is 0 Å². The van der Waals surface area contributed by atoms with Crippen molar-refractivity contribution >= 4 is 6.09 Å². The molecule has 116 valence electrons. The van der Waals surface area contributed by atoms with Gasteiger partial charge in [-0.3, -0.25) is 4.90 Å². The molecule has 1 N–H and O–H groups in total. The van der Waals surface area contributed by atoms with E-state index in [0.29, 0.717) is 6.54 Å².